The summed E-state index contributed by atoms with van der Waals surface area (Å²) in [5, 5.41) is 0. The Labute approximate surface area is 408 Å². The fourth-order valence-electron chi connectivity index (χ4n) is 7.68. The Morgan fingerprint density at radius 1 is 0.303 bits per heavy atom. The van der Waals surface area contributed by atoms with Gasteiger partial charge in [-0.1, -0.05) is 229 Å². The minimum atomic E-state index is -0.827. The zero-order valence-corrected chi connectivity index (χ0v) is 43.4. The molecule has 6 nitrogen and oxygen atoms in total. The number of rotatable bonds is 50. The molecular formula is C60H104O6. The van der Waals surface area contributed by atoms with E-state index in [-0.39, 0.29) is 44.0 Å². The molecule has 0 aromatic rings. The Kier molecular flexibility index (Phi) is 51.9. The summed E-state index contributed by atoms with van der Waals surface area (Å²) in [6, 6.07) is 0. The second kappa shape index (κ2) is 54.5. The van der Waals surface area contributed by atoms with E-state index in [1.807, 2.05) is 6.08 Å². The third-order valence-electron chi connectivity index (χ3n) is 11.9. The summed E-state index contributed by atoms with van der Waals surface area (Å²) in [7, 11) is 0. The van der Waals surface area contributed by atoms with E-state index in [1.165, 1.54) is 154 Å². The molecule has 0 saturated carbocycles. The topological polar surface area (TPSA) is 78.9 Å². The van der Waals surface area contributed by atoms with Gasteiger partial charge < -0.3 is 14.2 Å². The van der Waals surface area contributed by atoms with Crippen molar-refractivity contribution in [3.05, 3.63) is 72.9 Å². The number of allylic oxidation sites excluding steroid dienone is 12. The normalized spacial score (nSPS) is 12.6. The number of carbonyl (C=O) groups excluding carboxylic acids is 3. The van der Waals surface area contributed by atoms with Crippen molar-refractivity contribution in [2.24, 2.45) is 0 Å². The number of hydrogen-bond acceptors (Lipinski definition) is 6. The molecule has 0 spiro atoms. The summed E-state index contributed by atoms with van der Waals surface area (Å²) in [5.74, 6) is -1.04. The van der Waals surface area contributed by atoms with Crippen LogP contribution in [0.4, 0.5) is 0 Å². The molecule has 1 atom stereocenters. The zero-order chi connectivity index (χ0) is 47.9. The average molecular weight is 921 g/mol. The molecule has 0 rings (SSSR count). The predicted octanol–water partition coefficient (Wildman–Crippen LogP) is 18.6. The molecule has 0 aromatic carbocycles. The molecule has 380 valence electrons. The van der Waals surface area contributed by atoms with Crippen molar-refractivity contribution in [2.75, 3.05) is 13.2 Å². The van der Waals surface area contributed by atoms with Crippen LogP contribution in [0.3, 0.4) is 0 Å². The molecule has 0 aliphatic carbocycles. The van der Waals surface area contributed by atoms with Crippen LogP contribution in [0.25, 0.3) is 0 Å². The maximum absolute atomic E-state index is 12.8. The molecule has 0 aliphatic rings. The van der Waals surface area contributed by atoms with Gasteiger partial charge in [-0.25, -0.2) is 0 Å². The van der Waals surface area contributed by atoms with Gasteiger partial charge in [-0.3, -0.25) is 14.4 Å². The summed E-state index contributed by atoms with van der Waals surface area (Å²) in [6.07, 6.45) is 69.1. The van der Waals surface area contributed by atoms with E-state index in [0.717, 1.165) is 64.2 Å². The first kappa shape index (κ1) is 62.8. The van der Waals surface area contributed by atoms with Gasteiger partial charge in [0.15, 0.2) is 6.10 Å². The van der Waals surface area contributed by atoms with Gasteiger partial charge in [0, 0.05) is 19.3 Å². The number of ether oxygens (including phenoxy) is 3. The third kappa shape index (κ3) is 51.8. The summed E-state index contributed by atoms with van der Waals surface area (Å²) in [4.78, 5) is 38.0. The summed E-state index contributed by atoms with van der Waals surface area (Å²) >= 11 is 0. The first-order valence-corrected chi connectivity index (χ1v) is 27.9. The van der Waals surface area contributed by atoms with Crippen molar-refractivity contribution in [1.29, 1.82) is 0 Å². The Morgan fingerprint density at radius 3 is 1.00 bits per heavy atom. The highest BCUT2D eigenvalue weighted by Gasteiger charge is 2.19. The van der Waals surface area contributed by atoms with Crippen LogP contribution in [-0.2, 0) is 28.6 Å². The largest absolute Gasteiger partial charge is 0.462 e. The van der Waals surface area contributed by atoms with Crippen LogP contribution in [0.1, 0.15) is 271 Å². The second-order valence-electron chi connectivity index (χ2n) is 18.5. The number of hydrogen-bond donors (Lipinski definition) is 0. The molecule has 6 heteroatoms. The average Bonchev–Trinajstić information content (AvgIpc) is 3.31. The van der Waals surface area contributed by atoms with E-state index in [9.17, 15) is 14.4 Å². The Hall–Kier alpha value is -3.15. The monoisotopic (exact) mass is 921 g/mol. The Balaban J connectivity index is 4.50. The fourth-order valence-corrected chi connectivity index (χ4v) is 7.68. The van der Waals surface area contributed by atoms with Gasteiger partial charge in [0.25, 0.3) is 0 Å². The minimum Gasteiger partial charge on any atom is -0.462 e. The molecule has 0 amide bonds. The van der Waals surface area contributed by atoms with Crippen LogP contribution in [0.15, 0.2) is 72.9 Å². The molecule has 0 aliphatic heterocycles. The van der Waals surface area contributed by atoms with Gasteiger partial charge in [0.1, 0.15) is 13.2 Å². The molecular weight excluding hydrogens is 817 g/mol. The Morgan fingerprint density at radius 2 is 0.591 bits per heavy atom. The van der Waals surface area contributed by atoms with E-state index in [4.69, 9.17) is 14.2 Å². The minimum absolute atomic E-state index is 0.116. The fraction of sp³-hybridized carbons (Fsp3) is 0.750. The van der Waals surface area contributed by atoms with Crippen molar-refractivity contribution in [2.45, 2.75) is 277 Å². The van der Waals surface area contributed by atoms with E-state index >= 15 is 0 Å². The molecule has 0 aromatic heterocycles. The lowest BCUT2D eigenvalue weighted by atomic mass is 10.1. The van der Waals surface area contributed by atoms with Crippen LogP contribution in [0.5, 0.6) is 0 Å². The molecule has 66 heavy (non-hydrogen) atoms. The van der Waals surface area contributed by atoms with Crippen LogP contribution >= 0.6 is 0 Å². The first-order valence-electron chi connectivity index (χ1n) is 27.9. The quantitative estimate of drug-likeness (QED) is 0.0262. The van der Waals surface area contributed by atoms with Crippen molar-refractivity contribution >= 4 is 17.9 Å². The van der Waals surface area contributed by atoms with E-state index in [2.05, 4.69) is 87.6 Å². The lowest BCUT2D eigenvalue weighted by molar-refractivity contribution is -0.166. The highest BCUT2D eigenvalue weighted by molar-refractivity contribution is 5.71. The molecule has 0 N–H and O–H groups in total. The SMILES string of the molecule is CCCCCCCC/C=C/C/C=C/C/C=C/CCCC(=O)OC(COC(=O)CC/C=C/C/C=C/CCCCCCCC)COC(=O)CCCCCCC/C=C/CCCCCCCCCCC. The maximum atomic E-state index is 12.8. The third-order valence-corrected chi connectivity index (χ3v) is 11.9. The highest BCUT2D eigenvalue weighted by Crippen LogP contribution is 2.14. The molecule has 1 unspecified atom stereocenters. The first-order chi connectivity index (χ1) is 32.5. The molecule has 0 radical (unpaired) electrons. The Bertz CT molecular complexity index is 1240. The smallest absolute Gasteiger partial charge is 0.306 e. The number of esters is 3. The van der Waals surface area contributed by atoms with Crippen molar-refractivity contribution in [1.82, 2.24) is 0 Å². The maximum Gasteiger partial charge on any atom is 0.306 e. The summed E-state index contributed by atoms with van der Waals surface area (Å²) in [5.41, 5.74) is 0. The van der Waals surface area contributed by atoms with Crippen LogP contribution in [0, 0.1) is 0 Å². The van der Waals surface area contributed by atoms with Gasteiger partial charge >= 0.3 is 17.9 Å². The van der Waals surface area contributed by atoms with Crippen LogP contribution in [-0.4, -0.2) is 37.2 Å². The van der Waals surface area contributed by atoms with Crippen molar-refractivity contribution in [3.63, 3.8) is 0 Å². The summed E-state index contributed by atoms with van der Waals surface area (Å²) < 4.78 is 16.7. The van der Waals surface area contributed by atoms with Gasteiger partial charge in [-0.05, 0) is 96.3 Å². The van der Waals surface area contributed by atoms with Crippen LogP contribution in [0.2, 0.25) is 0 Å². The van der Waals surface area contributed by atoms with Gasteiger partial charge in [-0.2, -0.15) is 0 Å². The van der Waals surface area contributed by atoms with Crippen molar-refractivity contribution in [3.8, 4) is 0 Å². The number of carbonyl (C=O) groups is 3. The molecule has 0 fully saturated rings. The van der Waals surface area contributed by atoms with Gasteiger partial charge in [-0.15, -0.1) is 0 Å². The van der Waals surface area contributed by atoms with Gasteiger partial charge in [0.05, 0.1) is 0 Å². The lowest BCUT2D eigenvalue weighted by Crippen LogP contribution is -2.30. The van der Waals surface area contributed by atoms with Gasteiger partial charge in [0.2, 0.25) is 0 Å². The molecule has 0 saturated heterocycles. The van der Waals surface area contributed by atoms with E-state index in [1.54, 1.807) is 0 Å². The zero-order valence-electron chi connectivity index (χ0n) is 43.4. The summed E-state index contributed by atoms with van der Waals surface area (Å²) in [6.45, 7) is 6.53. The lowest BCUT2D eigenvalue weighted by Gasteiger charge is -2.18. The number of unbranched alkanes of at least 4 members (excludes halogenated alkanes) is 27. The van der Waals surface area contributed by atoms with E-state index < -0.39 is 6.10 Å². The molecule has 0 bridgehead atoms. The predicted molar refractivity (Wildman–Crippen MR) is 284 cm³/mol. The van der Waals surface area contributed by atoms with Crippen molar-refractivity contribution < 1.29 is 28.6 Å². The second-order valence-corrected chi connectivity index (χ2v) is 18.5. The standard InChI is InChI=1S/C60H104O6/c1-4-7-10-13-16-19-22-25-27-29-31-32-35-38-41-44-47-50-53-59(62)65-56-57(55-64-58(61)52-49-46-43-40-37-34-24-21-18-15-12-9-6-3)66-60(63)54-51-48-45-42-39-36-33-30-28-26-23-20-17-14-11-8-5-2/h26,28,31-34,36-37,42-43,45-46,57H,4-25,27,29-30,35,38-41,44,47-56H2,1-3H3/b28-26+,32-31+,36-33+,37-34+,45-42+,46-43+. The van der Waals surface area contributed by atoms with Crippen LogP contribution < -0.4 is 0 Å². The van der Waals surface area contributed by atoms with E-state index in [0.29, 0.717) is 19.3 Å². The molecule has 0 heterocycles. The highest BCUT2D eigenvalue weighted by atomic mass is 16.6.